The fourth-order valence-electron chi connectivity index (χ4n) is 9.56. The minimum atomic E-state index is -0.199. The van der Waals surface area contributed by atoms with Gasteiger partial charge in [-0.05, 0) is 92.1 Å². The Morgan fingerprint density at radius 2 is 1.15 bits per heavy atom. The Morgan fingerprint density at radius 1 is 0.553 bits per heavy atom. The van der Waals surface area contributed by atoms with Gasteiger partial charge in [0.05, 0.1) is 0 Å². The van der Waals surface area contributed by atoms with E-state index >= 15 is 0 Å². The lowest BCUT2D eigenvalue weighted by Gasteiger charge is -2.47. The molecule has 3 heteroatoms. The van der Waals surface area contributed by atoms with Crippen LogP contribution >= 0.6 is 0 Å². The van der Waals surface area contributed by atoms with Gasteiger partial charge in [0.2, 0.25) is 0 Å². The molecule has 0 amide bonds. The van der Waals surface area contributed by atoms with Crippen LogP contribution in [0, 0.1) is 5.41 Å². The Kier molecular flexibility index (Phi) is 5.70. The monoisotopic (exact) mass is 608 g/mol. The molecule has 0 atom stereocenters. The first kappa shape index (κ1) is 28.5. The van der Waals surface area contributed by atoms with Crippen LogP contribution in [0.4, 0.5) is 28.4 Å². The standard InChI is InChI=1S/C44H41BN2/c1-42(2,3)28-24-26-30(27-25-28)47-36-23-15-22-35-38(36)45(33-20-13-14-21-34(33)46(35)29-16-9-8-10-17-29)39-37-31-18-11-12-19-32(31)43(4,5)40(37)44(6,7)41(39)47/h8-27H,1-7H3. The summed E-state index contributed by atoms with van der Waals surface area (Å²) < 4.78 is 0. The Balaban J connectivity index is 1.40. The fourth-order valence-corrected chi connectivity index (χ4v) is 9.56. The molecule has 0 N–H and O–H groups in total. The third-order valence-corrected chi connectivity index (χ3v) is 11.3. The molecule has 47 heavy (non-hydrogen) atoms. The van der Waals surface area contributed by atoms with Gasteiger partial charge < -0.3 is 9.80 Å². The van der Waals surface area contributed by atoms with E-state index in [2.05, 4.69) is 180 Å². The highest BCUT2D eigenvalue weighted by Gasteiger charge is 2.58. The molecule has 0 spiro atoms. The van der Waals surface area contributed by atoms with E-state index in [-0.39, 0.29) is 23.0 Å². The van der Waals surface area contributed by atoms with Gasteiger partial charge in [0.15, 0.2) is 0 Å². The summed E-state index contributed by atoms with van der Waals surface area (Å²) in [5.41, 5.74) is 18.9. The third kappa shape index (κ3) is 3.69. The van der Waals surface area contributed by atoms with E-state index < -0.39 is 0 Å². The first-order valence-electron chi connectivity index (χ1n) is 17.1. The predicted octanol–water partition coefficient (Wildman–Crippen LogP) is 10.1. The molecule has 2 heterocycles. The zero-order chi connectivity index (χ0) is 32.5. The van der Waals surface area contributed by atoms with Crippen molar-refractivity contribution in [2.75, 3.05) is 9.80 Å². The molecule has 0 aromatic heterocycles. The Bertz CT molecular complexity index is 2180. The molecule has 0 radical (unpaired) electrons. The summed E-state index contributed by atoms with van der Waals surface area (Å²) in [4.78, 5) is 5.12. The van der Waals surface area contributed by atoms with E-state index in [1.807, 2.05) is 0 Å². The van der Waals surface area contributed by atoms with Crippen LogP contribution in [0.25, 0.3) is 5.57 Å². The van der Waals surface area contributed by atoms with Gasteiger partial charge in [-0.3, -0.25) is 0 Å². The highest BCUT2D eigenvalue weighted by atomic mass is 15.2. The number of benzene rings is 5. The van der Waals surface area contributed by atoms with Crippen LogP contribution in [-0.2, 0) is 10.8 Å². The molecule has 2 nitrogen and oxygen atoms in total. The van der Waals surface area contributed by atoms with E-state index in [0.717, 1.165) is 0 Å². The number of allylic oxidation sites excluding steroid dienone is 3. The van der Waals surface area contributed by atoms with Crippen molar-refractivity contribution in [3.8, 4) is 0 Å². The van der Waals surface area contributed by atoms with E-state index in [0.29, 0.717) is 0 Å². The maximum absolute atomic E-state index is 2.63. The molecular formula is C44H41BN2. The summed E-state index contributed by atoms with van der Waals surface area (Å²) in [5, 5.41) is 0. The molecule has 230 valence electrons. The summed E-state index contributed by atoms with van der Waals surface area (Å²) in [5.74, 6) is 0. The van der Waals surface area contributed by atoms with Crippen LogP contribution in [-0.4, -0.2) is 6.71 Å². The van der Waals surface area contributed by atoms with E-state index in [1.54, 1.807) is 5.57 Å². The Labute approximate surface area is 280 Å². The molecule has 0 fully saturated rings. The second-order valence-corrected chi connectivity index (χ2v) is 15.8. The Morgan fingerprint density at radius 3 is 1.87 bits per heavy atom. The molecule has 0 unspecified atom stereocenters. The first-order chi connectivity index (χ1) is 22.5. The molecule has 0 saturated heterocycles. The average molecular weight is 609 g/mol. The molecule has 2 aliphatic heterocycles. The second-order valence-electron chi connectivity index (χ2n) is 15.8. The molecule has 2 aliphatic carbocycles. The fraction of sp³-hybridized carbons (Fsp3) is 0.227. The summed E-state index contributed by atoms with van der Waals surface area (Å²) >= 11 is 0. The van der Waals surface area contributed by atoms with Crippen molar-refractivity contribution in [2.24, 2.45) is 5.41 Å². The average Bonchev–Trinajstić information content (AvgIpc) is 3.46. The van der Waals surface area contributed by atoms with Crippen molar-refractivity contribution in [3.63, 3.8) is 0 Å². The van der Waals surface area contributed by atoms with Gasteiger partial charge in [-0.1, -0.05) is 127 Å². The molecule has 5 aromatic carbocycles. The zero-order valence-corrected chi connectivity index (χ0v) is 28.5. The van der Waals surface area contributed by atoms with Crippen LogP contribution in [0.1, 0.15) is 65.2 Å². The number of fused-ring (bicyclic) bond motifs is 6. The lowest BCUT2D eigenvalue weighted by atomic mass is 9.32. The lowest BCUT2D eigenvalue weighted by molar-refractivity contribution is 0.448. The van der Waals surface area contributed by atoms with Crippen LogP contribution in [0.15, 0.2) is 138 Å². The number of para-hydroxylation sites is 2. The molecule has 9 rings (SSSR count). The predicted molar refractivity (Wildman–Crippen MR) is 201 cm³/mol. The quantitative estimate of drug-likeness (QED) is 0.184. The van der Waals surface area contributed by atoms with E-state index in [1.165, 1.54) is 72.8 Å². The topological polar surface area (TPSA) is 6.48 Å². The van der Waals surface area contributed by atoms with Gasteiger partial charge in [-0.2, -0.15) is 0 Å². The summed E-state index contributed by atoms with van der Waals surface area (Å²) in [6.45, 7) is 16.9. The van der Waals surface area contributed by atoms with Crippen LogP contribution in [0.5, 0.6) is 0 Å². The zero-order valence-electron chi connectivity index (χ0n) is 28.5. The highest BCUT2D eigenvalue weighted by molar-refractivity contribution is 6.97. The number of rotatable bonds is 2. The van der Waals surface area contributed by atoms with Crippen LogP contribution < -0.4 is 20.7 Å². The van der Waals surface area contributed by atoms with Gasteiger partial charge in [0, 0.05) is 45.0 Å². The molecule has 0 bridgehead atoms. The first-order valence-corrected chi connectivity index (χ1v) is 17.1. The Hall–Kier alpha value is -4.76. The largest absolute Gasteiger partial charge is 0.314 e. The smallest absolute Gasteiger partial charge is 0.252 e. The summed E-state index contributed by atoms with van der Waals surface area (Å²) in [6, 6.07) is 45.5. The van der Waals surface area contributed by atoms with Crippen molar-refractivity contribution < 1.29 is 0 Å². The number of anilines is 5. The SMILES string of the molecule is CC1(C)C2=C(B3c4ccccc4N(c4ccccc4)c4cccc(c43)N2c2ccc(C(C)(C)C)cc2)C2=C1C(C)(C)c1ccccc12. The number of nitrogens with zero attached hydrogens (tertiary/aromatic N) is 2. The van der Waals surface area contributed by atoms with Crippen LogP contribution in [0.2, 0.25) is 0 Å². The second kappa shape index (κ2) is 9.41. The van der Waals surface area contributed by atoms with Crippen molar-refractivity contribution in [1.29, 1.82) is 0 Å². The van der Waals surface area contributed by atoms with Crippen molar-refractivity contribution in [3.05, 3.63) is 155 Å². The van der Waals surface area contributed by atoms with Gasteiger partial charge in [0.1, 0.15) is 0 Å². The lowest BCUT2D eigenvalue weighted by Crippen LogP contribution is -2.56. The molecule has 4 aliphatic rings. The van der Waals surface area contributed by atoms with E-state index in [4.69, 9.17) is 0 Å². The summed E-state index contributed by atoms with van der Waals surface area (Å²) in [6.07, 6.45) is 0. The highest BCUT2D eigenvalue weighted by Crippen LogP contribution is 2.65. The molecule has 0 saturated carbocycles. The van der Waals surface area contributed by atoms with Gasteiger partial charge in [-0.15, -0.1) is 0 Å². The van der Waals surface area contributed by atoms with Crippen molar-refractivity contribution >= 4 is 51.6 Å². The maximum atomic E-state index is 2.63. The normalized spacial score (nSPS) is 18.1. The number of hydrogen-bond donors (Lipinski definition) is 0. The minimum absolute atomic E-state index is 0.0881. The van der Waals surface area contributed by atoms with Crippen molar-refractivity contribution in [2.45, 2.75) is 59.3 Å². The van der Waals surface area contributed by atoms with E-state index in [9.17, 15) is 0 Å². The number of hydrogen-bond acceptors (Lipinski definition) is 2. The molecule has 5 aromatic rings. The molecular weight excluding hydrogens is 567 g/mol. The maximum Gasteiger partial charge on any atom is 0.252 e. The van der Waals surface area contributed by atoms with Crippen LogP contribution in [0.3, 0.4) is 0 Å². The van der Waals surface area contributed by atoms with Gasteiger partial charge >= 0.3 is 0 Å². The van der Waals surface area contributed by atoms with Crippen molar-refractivity contribution in [1.82, 2.24) is 0 Å². The van der Waals surface area contributed by atoms with Gasteiger partial charge in [-0.25, -0.2) is 0 Å². The third-order valence-electron chi connectivity index (χ3n) is 11.3. The minimum Gasteiger partial charge on any atom is -0.314 e. The summed E-state index contributed by atoms with van der Waals surface area (Å²) in [7, 11) is 0. The van der Waals surface area contributed by atoms with Gasteiger partial charge in [0.25, 0.3) is 6.71 Å².